The van der Waals surface area contributed by atoms with Crippen LogP contribution in [0.4, 0.5) is 17.1 Å². The highest BCUT2D eigenvalue weighted by atomic mass is 32.1. The van der Waals surface area contributed by atoms with Gasteiger partial charge in [-0.3, -0.25) is 0 Å². The maximum absolute atomic E-state index is 2.42. The second kappa shape index (κ2) is 12.2. The molecule has 3 heteroatoms. The molecule has 0 N–H and O–H groups in total. The summed E-state index contributed by atoms with van der Waals surface area (Å²) in [6.45, 7) is 0. The molecule has 0 aliphatic carbocycles. The Morgan fingerprint density at radius 2 is 0.882 bits per heavy atom. The molecule has 0 atom stereocenters. The van der Waals surface area contributed by atoms with E-state index in [0.29, 0.717) is 0 Å². The van der Waals surface area contributed by atoms with E-state index in [2.05, 4.69) is 204 Å². The summed E-state index contributed by atoms with van der Waals surface area (Å²) >= 11 is 1.89. The lowest BCUT2D eigenvalue weighted by Crippen LogP contribution is -2.10. The monoisotopic (exact) mass is 668 g/mol. The summed E-state index contributed by atoms with van der Waals surface area (Å²) in [5, 5.41) is 5.17. The van der Waals surface area contributed by atoms with Gasteiger partial charge in [-0.1, -0.05) is 127 Å². The molecule has 0 fully saturated rings. The van der Waals surface area contributed by atoms with Crippen LogP contribution in [0.25, 0.3) is 69.9 Å². The minimum absolute atomic E-state index is 1.11. The zero-order valence-electron chi connectivity index (χ0n) is 27.8. The van der Waals surface area contributed by atoms with E-state index in [4.69, 9.17) is 0 Å². The third-order valence-electron chi connectivity index (χ3n) is 9.99. The van der Waals surface area contributed by atoms with E-state index in [1.54, 1.807) is 0 Å². The lowest BCUT2D eigenvalue weighted by molar-refractivity contribution is 1.18. The fraction of sp³-hybridized carbons (Fsp3) is 0. The predicted molar refractivity (Wildman–Crippen MR) is 219 cm³/mol. The summed E-state index contributed by atoms with van der Waals surface area (Å²) in [5.74, 6) is 0. The number of benzene rings is 8. The third-order valence-corrected chi connectivity index (χ3v) is 11.2. The van der Waals surface area contributed by atoms with E-state index >= 15 is 0 Å². The largest absolute Gasteiger partial charge is 0.310 e. The van der Waals surface area contributed by atoms with Crippen molar-refractivity contribution in [2.24, 2.45) is 0 Å². The van der Waals surface area contributed by atoms with Gasteiger partial charge in [0, 0.05) is 53.7 Å². The average Bonchev–Trinajstić information content (AvgIpc) is 3.75. The summed E-state index contributed by atoms with van der Waals surface area (Å²) in [7, 11) is 0. The zero-order valence-corrected chi connectivity index (χ0v) is 28.6. The van der Waals surface area contributed by atoms with Gasteiger partial charge in [-0.25, -0.2) is 0 Å². The molecular formula is C48H32N2S. The van der Waals surface area contributed by atoms with Gasteiger partial charge >= 0.3 is 0 Å². The molecule has 51 heavy (non-hydrogen) atoms. The van der Waals surface area contributed by atoms with E-state index in [9.17, 15) is 0 Å². The molecule has 2 heterocycles. The van der Waals surface area contributed by atoms with Gasteiger partial charge in [0.2, 0.25) is 0 Å². The molecule has 0 saturated heterocycles. The highest BCUT2D eigenvalue weighted by Crippen LogP contribution is 2.45. The highest BCUT2D eigenvalue weighted by Gasteiger charge is 2.20. The van der Waals surface area contributed by atoms with Gasteiger partial charge in [-0.2, -0.15) is 0 Å². The Morgan fingerprint density at radius 1 is 0.373 bits per heavy atom. The molecule has 240 valence electrons. The first-order chi connectivity index (χ1) is 25.3. The number of hydrogen-bond acceptors (Lipinski definition) is 2. The van der Waals surface area contributed by atoms with E-state index in [1.807, 2.05) is 11.3 Å². The molecule has 0 aliphatic rings. The second-order valence-electron chi connectivity index (χ2n) is 13.0. The number of para-hydroxylation sites is 1. The van der Waals surface area contributed by atoms with Crippen LogP contribution in [0.1, 0.15) is 0 Å². The molecule has 0 bridgehead atoms. The number of hydrogen-bond donors (Lipinski definition) is 0. The minimum Gasteiger partial charge on any atom is -0.310 e. The molecule has 0 spiro atoms. The van der Waals surface area contributed by atoms with Crippen LogP contribution in [-0.4, -0.2) is 4.57 Å². The Balaban J connectivity index is 1.21. The molecular weight excluding hydrogens is 637 g/mol. The van der Waals surface area contributed by atoms with Gasteiger partial charge in [0.1, 0.15) is 0 Å². The van der Waals surface area contributed by atoms with Crippen LogP contribution in [0.3, 0.4) is 0 Å². The number of rotatable bonds is 6. The Bertz CT molecular complexity index is 2730. The van der Waals surface area contributed by atoms with Crippen LogP contribution in [0, 0.1) is 0 Å². The van der Waals surface area contributed by atoms with Crippen molar-refractivity contribution in [3.63, 3.8) is 0 Å². The molecule has 0 unspecified atom stereocenters. The van der Waals surface area contributed by atoms with E-state index in [-0.39, 0.29) is 0 Å². The second-order valence-corrected chi connectivity index (χ2v) is 14.0. The quantitative estimate of drug-likeness (QED) is 0.171. The van der Waals surface area contributed by atoms with Gasteiger partial charge in [-0.05, 0) is 89.0 Å². The molecule has 8 aromatic carbocycles. The molecule has 10 aromatic rings. The van der Waals surface area contributed by atoms with Gasteiger partial charge in [0.05, 0.1) is 11.0 Å². The van der Waals surface area contributed by atoms with Crippen molar-refractivity contribution in [1.82, 2.24) is 4.57 Å². The molecule has 0 aliphatic heterocycles. The van der Waals surface area contributed by atoms with Gasteiger partial charge in [-0.15, -0.1) is 11.3 Å². The number of aromatic nitrogens is 1. The smallest absolute Gasteiger partial charge is 0.0555 e. The van der Waals surface area contributed by atoms with Crippen LogP contribution < -0.4 is 4.90 Å². The summed E-state index contributed by atoms with van der Waals surface area (Å²) in [4.78, 5) is 2.39. The van der Waals surface area contributed by atoms with Crippen LogP contribution in [0.15, 0.2) is 194 Å². The number of nitrogens with zero attached hydrogens (tertiary/aromatic N) is 2. The maximum atomic E-state index is 2.42. The van der Waals surface area contributed by atoms with E-state index < -0.39 is 0 Å². The van der Waals surface area contributed by atoms with Crippen molar-refractivity contribution in [3.8, 4) is 27.9 Å². The van der Waals surface area contributed by atoms with Crippen molar-refractivity contribution in [2.45, 2.75) is 0 Å². The molecule has 0 radical (unpaired) electrons. The van der Waals surface area contributed by atoms with E-state index in [0.717, 1.165) is 22.7 Å². The first-order valence-corrected chi connectivity index (χ1v) is 18.2. The summed E-state index contributed by atoms with van der Waals surface area (Å²) in [6, 6.07) is 70.2. The summed E-state index contributed by atoms with van der Waals surface area (Å²) in [6.07, 6.45) is 0. The van der Waals surface area contributed by atoms with Crippen molar-refractivity contribution >= 4 is 70.4 Å². The fourth-order valence-corrected chi connectivity index (χ4v) is 8.84. The van der Waals surface area contributed by atoms with Crippen molar-refractivity contribution < 1.29 is 0 Å². The van der Waals surface area contributed by atoms with Crippen LogP contribution in [-0.2, 0) is 0 Å². The Hall–Kier alpha value is -6.42. The SMILES string of the molecule is c1ccc(-c2ccc(N(c3ccc(-c4ccccc4)cc3)c3ccc4c(c3)c3c5sc6ccccc6c5ccc3n4-c3ccccc3)cc2)cc1. The van der Waals surface area contributed by atoms with Crippen molar-refractivity contribution in [2.75, 3.05) is 4.90 Å². The van der Waals surface area contributed by atoms with Gasteiger partial charge in [0.15, 0.2) is 0 Å². The first kappa shape index (κ1) is 29.5. The van der Waals surface area contributed by atoms with Gasteiger partial charge in [0.25, 0.3) is 0 Å². The van der Waals surface area contributed by atoms with Crippen molar-refractivity contribution in [3.05, 3.63) is 194 Å². The lowest BCUT2D eigenvalue weighted by atomic mass is 10.0. The van der Waals surface area contributed by atoms with Crippen LogP contribution >= 0.6 is 11.3 Å². The highest BCUT2D eigenvalue weighted by molar-refractivity contribution is 7.26. The first-order valence-electron chi connectivity index (χ1n) is 17.4. The number of anilines is 3. The zero-order chi connectivity index (χ0) is 33.7. The van der Waals surface area contributed by atoms with Crippen LogP contribution in [0.5, 0.6) is 0 Å². The Labute approximate surface area is 300 Å². The number of fused-ring (bicyclic) bond motifs is 7. The Kier molecular flexibility index (Phi) is 7.04. The summed E-state index contributed by atoms with van der Waals surface area (Å²) in [5.41, 5.74) is 11.8. The fourth-order valence-electron chi connectivity index (χ4n) is 7.58. The normalized spacial score (nSPS) is 11.5. The van der Waals surface area contributed by atoms with Crippen molar-refractivity contribution in [1.29, 1.82) is 0 Å². The Morgan fingerprint density at radius 3 is 1.51 bits per heavy atom. The molecule has 10 rings (SSSR count). The lowest BCUT2D eigenvalue weighted by Gasteiger charge is -2.26. The number of thiophene rings is 1. The standard InChI is InChI=1S/C48H32N2S/c1-4-12-33(13-5-1)35-20-24-38(25-21-35)49(39-26-22-36(23-27-39)34-14-6-2-7-15-34)40-28-30-44-43(32-40)47-45(50(44)37-16-8-3-9-17-37)31-29-42-41-18-10-11-19-46(41)51-48(42)47/h1-32H. The molecule has 0 amide bonds. The maximum Gasteiger partial charge on any atom is 0.0555 e. The average molecular weight is 669 g/mol. The molecule has 2 aromatic heterocycles. The topological polar surface area (TPSA) is 8.17 Å². The van der Waals surface area contributed by atoms with E-state index in [1.165, 1.54) is 64.2 Å². The minimum atomic E-state index is 1.11. The summed E-state index contributed by atoms with van der Waals surface area (Å²) < 4.78 is 5.07. The molecule has 2 nitrogen and oxygen atoms in total. The predicted octanol–water partition coefficient (Wildman–Crippen LogP) is 14.0. The molecule has 0 saturated carbocycles. The third kappa shape index (κ3) is 5.01. The van der Waals surface area contributed by atoms with Gasteiger partial charge < -0.3 is 9.47 Å². The van der Waals surface area contributed by atoms with Crippen LogP contribution in [0.2, 0.25) is 0 Å².